The van der Waals surface area contributed by atoms with Gasteiger partial charge in [0.25, 0.3) is 0 Å². The first-order valence-corrected chi connectivity index (χ1v) is 6.28. The Morgan fingerprint density at radius 1 is 1.50 bits per heavy atom. The summed E-state index contributed by atoms with van der Waals surface area (Å²) < 4.78 is 22.4. The lowest BCUT2D eigenvalue weighted by atomic mass is 10.5. The van der Waals surface area contributed by atoms with Gasteiger partial charge in [-0.1, -0.05) is 6.08 Å². The molecule has 1 aliphatic rings. The zero-order valence-electron chi connectivity index (χ0n) is 8.43. The maximum atomic E-state index is 12.1. The van der Waals surface area contributed by atoms with Gasteiger partial charge < -0.3 is 9.05 Å². The second-order valence-electron chi connectivity index (χ2n) is 2.66. The van der Waals surface area contributed by atoms with Gasteiger partial charge in [0.05, 0.1) is 13.2 Å². The maximum Gasteiger partial charge on any atom is 0.365 e. The van der Waals surface area contributed by atoms with E-state index in [1.165, 1.54) is 0 Å². The molecule has 0 fully saturated rings. The third-order valence-corrected chi connectivity index (χ3v) is 3.77. The summed E-state index contributed by atoms with van der Waals surface area (Å²) in [6.45, 7) is 4.82. The summed E-state index contributed by atoms with van der Waals surface area (Å²) >= 11 is 0. The van der Waals surface area contributed by atoms with E-state index in [0.717, 1.165) is 0 Å². The van der Waals surface area contributed by atoms with E-state index in [1.807, 2.05) is 6.08 Å². The van der Waals surface area contributed by atoms with E-state index in [4.69, 9.17) is 13.9 Å². The van der Waals surface area contributed by atoms with Crippen molar-refractivity contribution in [3.05, 3.63) is 12.2 Å². The molecule has 0 bridgehead atoms. The summed E-state index contributed by atoms with van der Waals surface area (Å²) in [6, 6.07) is 0. The van der Waals surface area contributed by atoms with Crippen molar-refractivity contribution in [2.45, 2.75) is 19.7 Å². The SMILES string of the molecule is CCOP(=O)(OCC)C1C=CCNO1. The Balaban J connectivity index is 2.69. The van der Waals surface area contributed by atoms with E-state index in [1.54, 1.807) is 19.9 Å². The van der Waals surface area contributed by atoms with Crippen molar-refractivity contribution >= 4 is 7.60 Å². The topological polar surface area (TPSA) is 56.8 Å². The first-order valence-electron chi connectivity index (χ1n) is 4.67. The number of hydroxylamine groups is 1. The molecule has 14 heavy (non-hydrogen) atoms. The van der Waals surface area contributed by atoms with E-state index >= 15 is 0 Å². The Bertz CT molecular complexity index is 233. The van der Waals surface area contributed by atoms with Crippen LogP contribution in [0.2, 0.25) is 0 Å². The molecule has 0 saturated heterocycles. The van der Waals surface area contributed by atoms with E-state index < -0.39 is 13.4 Å². The van der Waals surface area contributed by atoms with Crippen molar-refractivity contribution in [1.82, 2.24) is 5.48 Å². The number of hydrogen-bond donors (Lipinski definition) is 1. The van der Waals surface area contributed by atoms with Crippen LogP contribution >= 0.6 is 7.60 Å². The molecule has 0 aromatic rings. The number of rotatable bonds is 5. The quantitative estimate of drug-likeness (QED) is 0.565. The van der Waals surface area contributed by atoms with Gasteiger partial charge in [0, 0.05) is 6.54 Å². The number of nitrogens with one attached hydrogen (secondary N) is 1. The van der Waals surface area contributed by atoms with Crippen LogP contribution in [0.25, 0.3) is 0 Å². The molecule has 82 valence electrons. The van der Waals surface area contributed by atoms with Gasteiger partial charge in [-0.05, 0) is 19.9 Å². The van der Waals surface area contributed by atoms with Crippen molar-refractivity contribution in [2.75, 3.05) is 19.8 Å². The van der Waals surface area contributed by atoms with Crippen molar-refractivity contribution in [3.63, 3.8) is 0 Å². The third kappa shape index (κ3) is 2.90. The molecule has 6 heteroatoms. The molecule has 1 aliphatic heterocycles. The molecule has 1 heterocycles. The Morgan fingerprint density at radius 3 is 2.57 bits per heavy atom. The molecular formula is C8H16NO4P. The Labute approximate surface area is 83.9 Å². The molecule has 0 spiro atoms. The van der Waals surface area contributed by atoms with E-state index in [2.05, 4.69) is 5.48 Å². The highest BCUT2D eigenvalue weighted by Gasteiger charge is 2.35. The molecule has 0 aromatic heterocycles. The van der Waals surface area contributed by atoms with Gasteiger partial charge in [-0.25, -0.2) is 0 Å². The molecule has 0 radical (unpaired) electrons. The lowest BCUT2D eigenvalue weighted by molar-refractivity contribution is 0.0185. The van der Waals surface area contributed by atoms with Gasteiger partial charge in [0.15, 0.2) is 5.85 Å². The van der Waals surface area contributed by atoms with E-state index in [-0.39, 0.29) is 0 Å². The van der Waals surface area contributed by atoms with E-state index in [9.17, 15) is 4.57 Å². The smallest absolute Gasteiger partial charge is 0.307 e. The fraction of sp³-hybridized carbons (Fsp3) is 0.750. The summed E-state index contributed by atoms with van der Waals surface area (Å²) in [5.74, 6) is -0.642. The standard InChI is InChI=1S/C8H16NO4P/c1-3-11-14(10,12-4-2)8-6-5-7-9-13-8/h5-6,8-9H,3-4,7H2,1-2H3. The first kappa shape index (κ1) is 11.9. The largest absolute Gasteiger partial charge is 0.365 e. The fourth-order valence-electron chi connectivity index (χ4n) is 1.12. The van der Waals surface area contributed by atoms with Gasteiger partial charge in [0.2, 0.25) is 0 Å². The van der Waals surface area contributed by atoms with Crippen LogP contribution < -0.4 is 5.48 Å². The van der Waals surface area contributed by atoms with Crippen molar-refractivity contribution in [2.24, 2.45) is 0 Å². The highest BCUT2D eigenvalue weighted by atomic mass is 31.2. The first-order chi connectivity index (χ1) is 6.73. The van der Waals surface area contributed by atoms with Gasteiger partial charge in [-0.15, -0.1) is 0 Å². The van der Waals surface area contributed by atoms with Crippen LogP contribution in [0, 0.1) is 0 Å². The monoisotopic (exact) mass is 221 g/mol. The van der Waals surface area contributed by atoms with Crippen LogP contribution in [0.4, 0.5) is 0 Å². The van der Waals surface area contributed by atoms with Gasteiger partial charge in [0.1, 0.15) is 0 Å². The summed E-state index contributed by atoms with van der Waals surface area (Å²) in [5, 5.41) is 0. The molecule has 0 saturated carbocycles. The molecule has 0 aromatic carbocycles. The summed E-state index contributed by atoms with van der Waals surface area (Å²) in [5.41, 5.74) is 2.64. The normalized spacial score (nSPS) is 22.6. The van der Waals surface area contributed by atoms with Gasteiger partial charge in [-0.3, -0.25) is 9.40 Å². The average molecular weight is 221 g/mol. The van der Waals surface area contributed by atoms with Crippen molar-refractivity contribution in [1.29, 1.82) is 0 Å². The van der Waals surface area contributed by atoms with Gasteiger partial charge in [-0.2, -0.15) is 5.48 Å². The van der Waals surface area contributed by atoms with Crippen LogP contribution in [0.15, 0.2) is 12.2 Å². The molecule has 1 atom stereocenters. The second kappa shape index (κ2) is 5.63. The van der Waals surface area contributed by atoms with Gasteiger partial charge >= 0.3 is 7.60 Å². The van der Waals surface area contributed by atoms with Crippen LogP contribution in [0.1, 0.15) is 13.8 Å². The maximum absolute atomic E-state index is 12.1. The molecular weight excluding hydrogens is 205 g/mol. The highest BCUT2D eigenvalue weighted by molar-refractivity contribution is 7.54. The minimum Gasteiger partial charge on any atom is -0.307 e. The molecule has 0 aliphatic carbocycles. The fourth-order valence-corrected chi connectivity index (χ4v) is 2.74. The Hall–Kier alpha value is -0.190. The van der Waals surface area contributed by atoms with Crippen LogP contribution in [0.3, 0.4) is 0 Å². The highest BCUT2D eigenvalue weighted by Crippen LogP contribution is 2.53. The zero-order valence-corrected chi connectivity index (χ0v) is 9.33. The van der Waals surface area contributed by atoms with Crippen molar-refractivity contribution < 1.29 is 18.5 Å². The van der Waals surface area contributed by atoms with E-state index in [0.29, 0.717) is 19.8 Å². The molecule has 1 unspecified atom stereocenters. The molecule has 0 amide bonds. The van der Waals surface area contributed by atoms with Crippen LogP contribution in [-0.4, -0.2) is 25.6 Å². The lowest BCUT2D eigenvalue weighted by Crippen LogP contribution is -2.28. The zero-order chi connectivity index (χ0) is 10.4. The lowest BCUT2D eigenvalue weighted by Gasteiger charge is -2.25. The van der Waals surface area contributed by atoms with Crippen molar-refractivity contribution in [3.8, 4) is 0 Å². The Kier molecular flexibility index (Phi) is 4.78. The minimum atomic E-state index is -3.17. The third-order valence-electron chi connectivity index (χ3n) is 1.64. The summed E-state index contributed by atoms with van der Waals surface area (Å²) in [7, 11) is -3.17. The van der Waals surface area contributed by atoms with Crippen LogP contribution in [-0.2, 0) is 18.5 Å². The summed E-state index contributed by atoms with van der Waals surface area (Å²) in [4.78, 5) is 5.10. The second-order valence-corrected chi connectivity index (χ2v) is 4.77. The molecule has 5 nitrogen and oxygen atoms in total. The molecule has 1 N–H and O–H groups in total. The minimum absolute atomic E-state index is 0.338. The molecule has 1 rings (SSSR count). The average Bonchev–Trinajstić information content (AvgIpc) is 2.20. The predicted octanol–water partition coefficient (Wildman–Crippen LogP) is 1.67. The Morgan fingerprint density at radius 2 is 2.14 bits per heavy atom. The van der Waals surface area contributed by atoms with Crippen LogP contribution in [0.5, 0.6) is 0 Å². The summed E-state index contributed by atoms with van der Waals surface area (Å²) in [6.07, 6.45) is 3.53. The number of hydrogen-bond acceptors (Lipinski definition) is 5. The predicted molar refractivity (Wildman–Crippen MR) is 52.9 cm³/mol.